The largest absolute Gasteiger partial charge is 0.508 e. The summed E-state index contributed by atoms with van der Waals surface area (Å²) in [7, 11) is 0. The van der Waals surface area contributed by atoms with Crippen molar-refractivity contribution in [2.75, 3.05) is 0 Å². The number of hydrogen-bond acceptors (Lipinski definition) is 4. The van der Waals surface area contributed by atoms with Gasteiger partial charge in [0, 0.05) is 11.5 Å². The van der Waals surface area contributed by atoms with E-state index in [4.69, 9.17) is 0 Å². The van der Waals surface area contributed by atoms with Crippen molar-refractivity contribution < 1.29 is 20.4 Å². The SMILES string of the molecule is Oc1ccc(C(Cc2ccc(O)cc2O)(c2ccccc2)c2ccc(O)cc2)cc1. The van der Waals surface area contributed by atoms with Crippen LogP contribution in [0.5, 0.6) is 23.0 Å². The average Bonchev–Trinajstić information content (AvgIpc) is 2.76. The van der Waals surface area contributed by atoms with Crippen molar-refractivity contribution in [1.29, 1.82) is 0 Å². The molecule has 0 fully saturated rings. The summed E-state index contributed by atoms with van der Waals surface area (Å²) in [4.78, 5) is 0. The van der Waals surface area contributed by atoms with E-state index in [9.17, 15) is 20.4 Å². The molecule has 0 aromatic heterocycles. The zero-order valence-electron chi connectivity index (χ0n) is 16.2. The van der Waals surface area contributed by atoms with Crippen LogP contribution in [0.25, 0.3) is 0 Å². The highest BCUT2D eigenvalue weighted by atomic mass is 16.3. The normalized spacial score (nSPS) is 11.3. The van der Waals surface area contributed by atoms with Gasteiger partial charge in [-0.25, -0.2) is 0 Å². The minimum absolute atomic E-state index is 0.00386. The summed E-state index contributed by atoms with van der Waals surface area (Å²) in [5.41, 5.74) is 2.79. The lowest BCUT2D eigenvalue weighted by molar-refractivity contribution is 0.441. The van der Waals surface area contributed by atoms with Gasteiger partial charge in [0.15, 0.2) is 0 Å². The summed E-state index contributed by atoms with van der Waals surface area (Å²) in [5, 5.41) is 40.0. The van der Waals surface area contributed by atoms with Gasteiger partial charge in [-0.15, -0.1) is 0 Å². The van der Waals surface area contributed by atoms with Gasteiger partial charge in [0.05, 0.1) is 0 Å². The Morgan fingerprint density at radius 2 is 0.967 bits per heavy atom. The third-order valence-electron chi connectivity index (χ3n) is 5.51. The topological polar surface area (TPSA) is 80.9 Å². The Hall–Kier alpha value is -3.92. The molecule has 0 aliphatic heterocycles. The summed E-state index contributed by atoms with van der Waals surface area (Å²) < 4.78 is 0. The maximum atomic E-state index is 10.5. The number of aromatic hydroxyl groups is 4. The van der Waals surface area contributed by atoms with Crippen molar-refractivity contribution in [3.8, 4) is 23.0 Å². The van der Waals surface area contributed by atoms with Crippen molar-refractivity contribution >= 4 is 0 Å². The van der Waals surface area contributed by atoms with Crippen molar-refractivity contribution in [1.82, 2.24) is 0 Å². The first-order valence-electron chi connectivity index (χ1n) is 9.64. The Balaban J connectivity index is 2.02. The molecule has 0 spiro atoms. The van der Waals surface area contributed by atoms with Crippen LogP contribution in [0.3, 0.4) is 0 Å². The zero-order valence-corrected chi connectivity index (χ0v) is 16.2. The lowest BCUT2D eigenvalue weighted by Crippen LogP contribution is -2.32. The van der Waals surface area contributed by atoms with E-state index in [-0.39, 0.29) is 23.0 Å². The molecule has 30 heavy (non-hydrogen) atoms. The molecule has 4 nitrogen and oxygen atoms in total. The van der Waals surface area contributed by atoms with E-state index in [1.54, 1.807) is 36.4 Å². The maximum Gasteiger partial charge on any atom is 0.122 e. The molecule has 0 radical (unpaired) electrons. The summed E-state index contributed by atoms with van der Waals surface area (Å²) >= 11 is 0. The number of rotatable bonds is 5. The number of phenols is 4. The van der Waals surface area contributed by atoms with Gasteiger partial charge >= 0.3 is 0 Å². The van der Waals surface area contributed by atoms with Crippen molar-refractivity contribution in [2.45, 2.75) is 11.8 Å². The smallest absolute Gasteiger partial charge is 0.122 e. The van der Waals surface area contributed by atoms with Crippen LogP contribution in [0.4, 0.5) is 0 Å². The van der Waals surface area contributed by atoms with E-state index in [1.165, 1.54) is 6.07 Å². The van der Waals surface area contributed by atoms with Gasteiger partial charge in [0.25, 0.3) is 0 Å². The molecular formula is C26H22O4. The first-order valence-corrected chi connectivity index (χ1v) is 9.64. The first kappa shape index (κ1) is 19.4. The van der Waals surface area contributed by atoms with Gasteiger partial charge in [-0.3, -0.25) is 0 Å². The Labute approximate surface area is 175 Å². The van der Waals surface area contributed by atoms with Crippen LogP contribution in [0.1, 0.15) is 22.3 Å². The molecule has 0 saturated heterocycles. The van der Waals surface area contributed by atoms with Gasteiger partial charge in [-0.2, -0.15) is 0 Å². The van der Waals surface area contributed by atoms with Crippen molar-refractivity contribution in [3.63, 3.8) is 0 Å². The Bertz CT molecular complexity index is 1090. The zero-order chi connectivity index (χ0) is 21.1. The Morgan fingerprint density at radius 3 is 1.47 bits per heavy atom. The standard InChI is InChI=1S/C26H22O4/c27-22-12-7-20(8-13-22)26(19-4-2-1-3-5-19,21-9-14-23(28)15-10-21)17-18-6-11-24(29)16-25(18)30/h1-16,27-30H,17H2. The summed E-state index contributed by atoms with van der Waals surface area (Å²) in [5.74, 6) is 0.335. The predicted octanol–water partition coefficient (Wildman–Crippen LogP) is 5.09. The molecule has 0 aliphatic carbocycles. The molecule has 0 bridgehead atoms. The monoisotopic (exact) mass is 398 g/mol. The molecule has 0 aliphatic rings. The Kier molecular flexibility index (Phi) is 5.07. The van der Waals surface area contributed by atoms with Crippen LogP contribution in [0.15, 0.2) is 97.1 Å². The fourth-order valence-electron chi connectivity index (χ4n) is 4.01. The van der Waals surface area contributed by atoms with Crippen LogP contribution < -0.4 is 0 Å². The summed E-state index contributed by atoms with van der Waals surface area (Å²) in [6.07, 6.45) is 0.401. The minimum atomic E-state index is -0.711. The predicted molar refractivity (Wildman–Crippen MR) is 116 cm³/mol. The fraction of sp³-hybridized carbons (Fsp3) is 0.0769. The van der Waals surface area contributed by atoms with E-state index < -0.39 is 5.41 Å². The second kappa shape index (κ2) is 7.84. The van der Waals surface area contributed by atoms with E-state index >= 15 is 0 Å². The van der Waals surface area contributed by atoms with E-state index in [1.807, 2.05) is 54.6 Å². The lowest BCUT2D eigenvalue weighted by atomic mass is 9.66. The summed E-state index contributed by atoms with van der Waals surface area (Å²) in [6, 6.07) is 28.6. The van der Waals surface area contributed by atoms with Gasteiger partial charge in [0.2, 0.25) is 0 Å². The van der Waals surface area contributed by atoms with E-state index in [0.29, 0.717) is 12.0 Å². The summed E-state index contributed by atoms with van der Waals surface area (Å²) in [6.45, 7) is 0. The highest BCUT2D eigenvalue weighted by molar-refractivity contribution is 5.55. The fourth-order valence-corrected chi connectivity index (χ4v) is 4.01. The van der Waals surface area contributed by atoms with Gasteiger partial charge in [-0.05, 0) is 59.0 Å². The molecule has 4 aromatic rings. The van der Waals surface area contributed by atoms with Gasteiger partial charge < -0.3 is 20.4 Å². The molecule has 0 amide bonds. The van der Waals surface area contributed by atoms with E-state index in [0.717, 1.165) is 16.7 Å². The molecule has 4 N–H and O–H groups in total. The molecule has 0 atom stereocenters. The molecule has 4 heteroatoms. The Morgan fingerprint density at radius 1 is 0.500 bits per heavy atom. The van der Waals surface area contributed by atoms with Gasteiger partial charge in [-0.1, -0.05) is 60.7 Å². The second-order valence-electron chi connectivity index (χ2n) is 7.35. The second-order valence-corrected chi connectivity index (χ2v) is 7.35. The quantitative estimate of drug-likeness (QED) is 0.353. The average molecular weight is 398 g/mol. The van der Waals surface area contributed by atoms with Crippen LogP contribution >= 0.6 is 0 Å². The van der Waals surface area contributed by atoms with Crippen molar-refractivity contribution in [3.05, 3.63) is 119 Å². The van der Waals surface area contributed by atoms with Crippen LogP contribution in [-0.4, -0.2) is 20.4 Å². The lowest BCUT2D eigenvalue weighted by Gasteiger charge is -2.36. The van der Waals surface area contributed by atoms with Crippen LogP contribution in [0.2, 0.25) is 0 Å². The maximum absolute atomic E-state index is 10.5. The van der Waals surface area contributed by atoms with Crippen LogP contribution in [-0.2, 0) is 11.8 Å². The van der Waals surface area contributed by atoms with E-state index in [2.05, 4.69) is 0 Å². The first-order chi connectivity index (χ1) is 14.5. The van der Waals surface area contributed by atoms with Crippen molar-refractivity contribution in [2.24, 2.45) is 0 Å². The molecule has 0 heterocycles. The number of hydrogen-bond donors (Lipinski definition) is 4. The number of phenolic OH excluding ortho intramolecular Hbond substituents is 4. The highest BCUT2D eigenvalue weighted by Gasteiger charge is 2.37. The third kappa shape index (κ3) is 3.55. The molecule has 0 unspecified atom stereocenters. The van der Waals surface area contributed by atoms with Crippen LogP contribution in [0, 0.1) is 0 Å². The molecule has 4 aromatic carbocycles. The molecule has 0 saturated carbocycles. The highest BCUT2D eigenvalue weighted by Crippen LogP contribution is 2.44. The third-order valence-corrected chi connectivity index (χ3v) is 5.51. The molecular weight excluding hydrogens is 376 g/mol. The minimum Gasteiger partial charge on any atom is -0.508 e. The van der Waals surface area contributed by atoms with Gasteiger partial charge in [0.1, 0.15) is 23.0 Å². The molecule has 150 valence electrons. The number of benzene rings is 4. The molecule has 4 rings (SSSR count).